The van der Waals surface area contributed by atoms with E-state index in [1.165, 1.54) is 4.88 Å². The van der Waals surface area contributed by atoms with Gasteiger partial charge in [0, 0.05) is 16.3 Å². The van der Waals surface area contributed by atoms with Gasteiger partial charge in [-0.25, -0.2) is 0 Å². The van der Waals surface area contributed by atoms with Crippen LogP contribution >= 0.6 is 11.3 Å². The summed E-state index contributed by atoms with van der Waals surface area (Å²) in [5.74, 6) is 1.56. The van der Waals surface area contributed by atoms with E-state index in [4.69, 9.17) is 4.74 Å². The van der Waals surface area contributed by atoms with Crippen LogP contribution < -0.4 is 10.1 Å². The summed E-state index contributed by atoms with van der Waals surface area (Å²) in [6.07, 6.45) is 0. The first kappa shape index (κ1) is 10.5. The van der Waals surface area contributed by atoms with Crippen LogP contribution in [0.15, 0.2) is 11.4 Å². The van der Waals surface area contributed by atoms with Gasteiger partial charge in [-0.1, -0.05) is 13.8 Å². The molecular weight excluding hydrogens is 182 g/mol. The number of thiophene rings is 1. The highest BCUT2D eigenvalue weighted by atomic mass is 32.1. The molecule has 3 heteroatoms. The molecule has 1 heterocycles. The summed E-state index contributed by atoms with van der Waals surface area (Å²) in [4.78, 5) is 1.34. The van der Waals surface area contributed by atoms with Crippen molar-refractivity contribution in [2.75, 3.05) is 14.2 Å². The van der Waals surface area contributed by atoms with Gasteiger partial charge in [0.25, 0.3) is 0 Å². The van der Waals surface area contributed by atoms with Crippen molar-refractivity contribution < 1.29 is 4.74 Å². The Balaban J connectivity index is 2.79. The summed E-state index contributed by atoms with van der Waals surface area (Å²) in [5.41, 5.74) is 0. The summed E-state index contributed by atoms with van der Waals surface area (Å²) >= 11 is 1.75. The normalized spacial score (nSPS) is 13.3. The molecule has 1 rings (SSSR count). The molecule has 0 aliphatic heterocycles. The third-order valence-corrected chi connectivity index (χ3v) is 3.11. The summed E-state index contributed by atoms with van der Waals surface area (Å²) in [7, 11) is 3.70. The minimum Gasteiger partial charge on any atom is -0.496 e. The molecule has 0 aliphatic carbocycles. The van der Waals surface area contributed by atoms with Crippen molar-refractivity contribution in [3.63, 3.8) is 0 Å². The molecule has 13 heavy (non-hydrogen) atoms. The fraction of sp³-hybridized carbons (Fsp3) is 0.600. The fourth-order valence-corrected chi connectivity index (χ4v) is 2.55. The Hall–Kier alpha value is -0.540. The zero-order valence-corrected chi connectivity index (χ0v) is 9.44. The SMILES string of the molecule is CNC(c1cc(OC)cs1)C(C)C. The number of rotatable bonds is 4. The topological polar surface area (TPSA) is 21.3 Å². The van der Waals surface area contributed by atoms with Crippen LogP contribution in [0.1, 0.15) is 24.8 Å². The van der Waals surface area contributed by atoms with Crippen LogP contribution in [0.3, 0.4) is 0 Å². The molecule has 74 valence electrons. The molecule has 0 aliphatic rings. The lowest BCUT2D eigenvalue weighted by molar-refractivity contribution is 0.413. The highest BCUT2D eigenvalue weighted by Gasteiger charge is 2.15. The smallest absolute Gasteiger partial charge is 0.129 e. The third-order valence-electron chi connectivity index (χ3n) is 2.12. The van der Waals surface area contributed by atoms with Gasteiger partial charge in [-0.05, 0) is 19.0 Å². The van der Waals surface area contributed by atoms with Crippen LogP contribution in [0.25, 0.3) is 0 Å². The maximum atomic E-state index is 5.15. The van der Waals surface area contributed by atoms with Crippen molar-refractivity contribution in [3.05, 3.63) is 16.3 Å². The molecule has 0 amide bonds. The number of ether oxygens (including phenoxy) is 1. The molecule has 0 spiro atoms. The molecule has 2 nitrogen and oxygen atoms in total. The van der Waals surface area contributed by atoms with E-state index in [2.05, 4.69) is 25.2 Å². The monoisotopic (exact) mass is 199 g/mol. The Morgan fingerprint density at radius 3 is 2.54 bits per heavy atom. The highest BCUT2D eigenvalue weighted by Crippen LogP contribution is 2.30. The second-order valence-corrected chi connectivity index (χ2v) is 4.34. The predicted octanol–water partition coefficient (Wildman–Crippen LogP) is 2.67. The first-order chi connectivity index (χ1) is 6.19. The minimum atomic E-state index is 0.439. The molecule has 1 unspecified atom stereocenters. The first-order valence-corrected chi connectivity index (χ1v) is 5.36. The Bertz CT molecular complexity index is 257. The zero-order valence-electron chi connectivity index (χ0n) is 8.63. The standard InChI is InChI=1S/C10H17NOS/c1-7(2)10(11-3)9-5-8(12-4)6-13-9/h5-7,10-11H,1-4H3. The quantitative estimate of drug-likeness (QED) is 0.805. The lowest BCUT2D eigenvalue weighted by Gasteiger charge is -2.18. The molecule has 0 aromatic carbocycles. The van der Waals surface area contributed by atoms with Crippen molar-refractivity contribution in [1.29, 1.82) is 0 Å². The maximum Gasteiger partial charge on any atom is 0.129 e. The Kier molecular flexibility index (Phi) is 3.75. The first-order valence-electron chi connectivity index (χ1n) is 4.48. The fourth-order valence-electron chi connectivity index (χ4n) is 1.41. The van der Waals surface area contributed by atoms with Gasteiger partial charge in [-0.2, -0.15) is 0 Å². The Morgan fingerprint density at radius 1 is 1.46 bits per heavy atom. The second kappa shape index (κ2) is 4.63. The number of hydrogen-bond donors (Lipinski definition) is 1. The van der Waals surface area contributed by atoms with Gasteiger partial charge < -0.3 is 10.1 Å². The van der Waals surface area contributed by atoms with Gasteiger partial charge >= 0.3 is 0 Å². The summed E-state index contributed by atoms with van der Waals surface area (Å²) in [6.45, 7) is 4.43. The van der Waals surface area contributed by atoms with Gasteiger partial charge in [-0.3, -0.25) is 0 Å². The van der Waals surface area contributed by atoms with Crippen LogP contribution in [0.4, 0.5) is 0 Å². The van der Waals surface area contributed by atoms with Gasteiger partial charge in [0.15, 0.2) is 0 Å². The van der Waals surface area contributed by atoms with Crippen LogP contribution in [-0.4, -0.2) is 14.2 Å². The van der Waals surface area contributed by atoms with Gasteiger partial charge in [0.05, 0.1) is 7.11 Å². The van der Waals surface area contributed by atoms with E-state index >= 15 is 0 Å². The average Bonchev–Trinajstić information content (AvgIpc) is 2.53. The van der Waals surface area contributed by atoms with Crippen molar-refractivity contribution in [2.24, 2.45) is 5.92 Å². The van der Waals surface area contributed by atoms with E-state index in [0.29, 0.717) is 12.0 Å². The molecule has 1 N–H and O–H groups in total. The van der Waals surface area contributed by atoms with E-state index in [0.717, 1.165) is 5.75 Å². The minimum absolute atomic E-state index is 0.439. The van der Waals surface area contributed by atoms with Crippen molar-refractivity contribution in [1.82, 2.24) is 5.32 Å². The largest absolute Gasteiger partial charge is 0.496 e. The third kappa shape index (κ3) is 2.45. The van der Waals surface area contributed by atoms with E-state index in [1.807, 2.05) is 12.4 Å². The summed E-state index contributed by atoms with van der Waals surface area (Å²) < 4.78 is 5.15. The van der Waals surface area contributed by atoms with E-state index in [1.54, 1.807) is 18.4 Å². The van der Waals surface area contributed by atoms with E-state index in [9.17, 15) is 0 Å². The van der Waals surface area contributed by atoms with E-state index in [-0.39, 0.29) is 0 Å². The molecular formula is C10H17NOS. The predicted molar refractivity (Wildman–Crippen MR) is 57.5 cm³/mol. The highest BCUT2D eigenvalue weighted by molar-refractivity contribution is 7.10. The molecule has 0 saturated heterocycles. The summed E-state index contributed by atoms with van der Waals surface area (Å²) in [6, 6.07) is 2.54. The average molecular weight is 199 g/mol. The van der Waals surface area contributed by atoms with Crippen molar-refractivity contribution in [2.45, 2.75) is 19.9 Å². The lowest BCUT2D eigenvalue weighted by atomic mass is 10.0. The van der Waals surface area contributed by atoms with Crippen LogP contribution in [0.2, 0.25) is 0 Å². The lowest BCUT2D eigenvalue weighted by Crippen LogP contribution is -2.20. The molecule has 0 radical (unpaired) electrons. The Morgan fingerprint density at radius 2 is 2.15 bits per heavy atom. The molecule has 0 saturated carbocycles. The van der Waals surface area contributed by atoms with Crippen LogP contribution in [0, 0.1) is 5.92 Å². The maximum absolute atomic E-state index is 5.15. The van der Waals surface area contributed by atoms with Gasteiger partial charge in [-0.15, -0.1) is 11.3 Å². The number of nitrogens with one attached hydrogen (secondary N) is 1. The molecule has 0 fully saturated rings. The zero-order chi connectivity index (χ0) is 9.84. The number of hydrogen-bond acceptors (Lipinski definition) is 3. The Labute approximate surface area is 83.9 Å². The van der Waals surface area contributed by atoms with Gasteiger partial charge in [0.1, 0.15) is 5.75 Å². The molecule has 0 bridgehead atoms. The summed E-state index contributed by atoms with van der Waals surface area (Å²) in [5, 5.41) is 5.35. The molecule has 1 atom stereocenters. The van der Waals surface area contributed by atoms with Gasteiger partial charge in [0.2, 0.25) is 0 Å². The van der Waals surface area contributed by atoms with Crippen molar-refractivity contribution >= 4 is 11.3 Å². The van der Waals surface area contributed by atoms with Crippen molar-refractivity contribution in [3.8, 4) is 5.75 Å². The molecule has 1 aromatic heterocycles. The van der Waals surface area contributed by atoms with Crippen LogP contribution in [-0.2, 0) is 0 Å². The number of methoxy groups -OCH3 is 1. The second-order valence-electron chi connectivity index (χ2n) is 3.40. The van der Waals surface area contributed by atoms with E-state index < -0.39 is 0 Å². The molecule has 1 aromatic rings. The van der Waals surface area contributed by atoms with Crippen LogP contribution in [0.5, 0.6) is 5.75 Å².